The number of aromatic nitrogens is 3. The minimum absolute atomic E-state index is 0.0222. The summed E-state index contributed by atoms with van der Waals surface area (Å²) in [7, 11) is 1.95. The summed E-state index contributed by atoms with van der Waals surface area (Å²) >= 11 is 0. The number of nitrogens with zero attached hydrogens (tertiary/aromatic N) is 3. The van der Waals surface area contributed by atoms with Crippen LogP contribution < -0.4 is 5.32 Å². The molecular formula is C12H22N4. The first kappa shape index (κ1) is 12.9. The van der Waals surface area contributed by atoms with Gasteiger partial charge in [-0.25, -0.2) is 9.67 Å². The van der Waals surface area contributed by atoms with Crippen LogP contribution in [0, 0.1) is 5.41 Å². The van der Waals surface area contributed by atoms with E-state index in [4.69, 9.17) is 0 Å². The Morgan fingerprint density at radius 1 is 1.62 bits per heavy atom. The van der Waals surface area contributed by atoms with E-state index in [0.717, 1.165) is 18.8 Å². The maximum Gasteiger partial charge on any atom is 0.138 e. The zero-order valence-electron chi connectivity index (χ0n) is 10.7. The fourth-order valence-electron chi connectivity index (χ4n) is 1.80. The maximum absolute atomic E-state index is 4.33. The first-order valence-corrected chi connectivity index (χ1v) is 5.69. The minimum Gasteiger partial charge on any atom is -0.319 e. The van der Waals surface area contributed by atoms with Gasteiger partial charge in [-0.2, -0.15) is 5.10 Å². The lowest BCUT2D eigenvalue weighted by Crippen LogP contribution is -2.31. The highest BCUT2D eigenvalue weighted by molar-refractivity contribution is 5.02. The predicted octanol–water partition coefficient (Wildman–Crippen LogP) is 1.81. The number of hydrogen-bond donors (Lipinski definition) is 1. The third-order valence-electron chi connectivity index (χ3n) is 2.77. The molecule has 0 amide bonds. The van der Waals surface area contributed by atoms with Gasteiger partial charge in [0, 0.05) is 24.4 Å². The fraction of sp³-hybridized carbons (Fsp3) is 0.667. The highest BCUT2D eigenvalue weighted by atomic mass is 15.3. The van der Waals surface area contributed by atoms with E-state index in [1.807, 2.05) is 17.8 Å². The zero-order valence-corrected chi connectivity index (χ0v) is 10.7. The highest BCUT2D eigenvalue weighted by Gasteiger charge is 2.23. The lowest BCUT2D eigenvalue weighted by Gasteiger charge is -2.25. The van der Waals surface area contributed by atoms with Crippen LogP contribution in [-0.4, -0.2) is 28.4 Å². The number of hydrogen-bond acceptors (Lipinski definition) is 3. The van der Waals surface area contributed by atoms with Crippen molar-refractivity contribution in [3.8, 4) is 0 Å². The molecule has 0 aliphatic carbocycles. The molecule has 0 radical (unpaired) electrons. The molecule has 1 N–H and O–H groups in total. The molecule has 0 bridgehead atoms. The van der Waals surface area contributed by atoms with Gasteiger partial charge in [-0.05, 0) is 20.9 Å². The van der Waals surface area contributed by atoms with Crippen molar-refractivity contribution >= 4 is 0 Å². The molecule has 16 heavy (non-hydrogen) atoms. The molecule has 1 heterocycles. The number of nitrogens with one attached hydrogen (secondary N) is 1. The summed E-state index contributed by atoms with van der Waals surface area (Å²) in [5.74, 6) is 1.02. The first-order chi connectivity index (χ1) is 7.52. The molecular weight excluding hydrogens is 200 g/mol. The Labute approximate surface area is 97.8 Å². The topological polar surface area (TPSA) is 42.7 Å². The van der Waals surface area contributed by atoms with E-state index >= 15 is 0 Å². The van der Waals surface area contributed by atoms with Crippen molar-refractivity contribution in [2.24, 2.45) is 5.41 Å². The van der Waals surface area contributed by atoms with Crippen LogP contribution in [0.15, 0.2) is 19.0 Å². The summed E-state index contributed by atoms with van der Waals surface area (Å²) in [6.07, 6.45) is 4.47. The third-order valence-corrected chi connectivity index (χ3v) is 2.77. The Morgan fingerprint density at radius 3 is 2.81 bits per heavy atom. The molecule has 1 rings (SSSR count). The summed E-state index contributed by atoms with van der Waals surface area (Å²) in [5, 5.41) is 7.44. The molecule has 0 fully saturated rings. The molecule has 0 spiro atoms. The minimum atomic E-state index is 0.0222. The second kappa shape index (κ2) is 5.25. The van der Waals surface area contributed by atoms with Crippen molar-refractivity contribution in [3.05, 3.63) is 24.8 Å². The average molecular weight is 222 g/mol. The molecule has 0 saturated heterocycles. The molecule has 1 unspecified atom stereocenters. The van der Waals surface area contributed by atoms with Gasteiger partial charge in [0.25, 0.3) is 0 Å². The molecule has 0 aromatic carbocycles. The predicted molar refractivity (Wildman–Crippen MR) is 66.3 cm³/mol. The third kappa shape index (κ3) is 2.92. The highest BCUT2D eigenvalue weighted by Crippen LogP contribution is 2.22. The maximum atomic E-state index is 4.33. The average Bonchev–Trinajstić information content (AvgIpc) is 2.66. The number of rotatable bonds is 6. The second-order valence-electron chi connectivity index (χ2n) is 4.78. The van der Waals surface area contributed by atoms with Crippen LogP contribution in [0.25, 0.3) is 0 Å². The van der Waals surface area contributed by atoms with E-state index < -0.39 is 0 Å². The van der Waals surface area contributed by atoms with Crippen LogP contribution in [0.5, 0.6) is 0 Å². The van der Waals surface area contributed by atoms with E-state index in [1.165, 1.54) is 0 Å². The Bertz CT molecular complexity index is 343. The van der Waals surface area contributed by atoms with Crippen LogP contribution in [0.1, 0.15) is 32.6 Å². The fourth-order valence-corrected chi connectivity index (χ4v) is 1.80. The van der Waals surface area contributed by atoms with Gasteiger partial charge >= 0.3 is 0 Å². The quantitative estimate of drug-likeness (QED) is 0.746. The molecule has 0 aliphatic rings. The standard InChI is InChI=1S/C12H22N4/c1-6-12(4,8-13-5)7-11-14-9-15-16(11)10(2)3/h6,9-10,13H,1,7-8H2,2-5H3. The summed E-state index contributed by atoms with van der Waals surface area (Å²) in [4.78, 5) is 4.33. The van der Waals surface area contributed by atoms with E-state index in [1.54, 1.807) is 6.33 Å². The first-order valence-electron chi connectivity index (χ1n) is 5.69. The molecule has 1 aromatic heterocycles. The molecule has 4 nitrogen and oxygen atoms in total. The largest absolute Gasteiger partial charge is 0.319 e. The molecule has 1 atom stereocenters. The van der Waals surface area contributed by atoms with Crippen molar-refractivity contribution in [2.45, 2.75) is 33.2 Å². The lowest BCUT2D eigenvalue weighted by atomic mass is 9.86. The van der Waals surface area contributed by atoms with Gasteiger partial charge < -0.3 is 5.32 Å². The van der Waals surface area contributed by atoms with Crippen LogP contribution in [0.4, 0.5) is 0 Å². The Morgan fingerprint density at radius 2 is 2.31 bits per heavy atom. The van der Waals surface area contributed by atoms with E-state index in [9.17, 15) is 0 Å². The van der Waals surface area contributed by atoms with Gasteiger partial charge in [0.05, 0.1) is 0 Å². The smallest absolute Gasteiger partial charge is 0.138 e. The molecule has 1 aromatic rings. The van der Waals surface area contributed by atoms with Crippen LogP contribution >= 0.6 is 0 Å². The second-order valence-corrected chi connectivity index (χ2v) is 4.78. The van der Waals surface area contributed by atoms with Gasteiger partial charge in [-0.15, -0.1) is 6.58 Å². The summed E-state index contributed by atoms with van der Waals surface area (Å²) < 4.78 is 1.97. The van der Waals surface area contributed by atoms with Crippen molar-refractivity contribution in [3.63, 3.8) is 0 Å². The zero-order chi connectivity index (χ0) is 12.2. The summed E-state index contributed by atoms with van der Waals surface area (Å²) in [6.45, 7) is 11.2. The van der Waals surface area contributed by atoms with Crippen molar-refractivity contribution in [2.75, 3.05) is 13.6 Å². The van der Waals surface area contributed by atoms with Crippen molar-refractivity contribution < 1.29 is 0 Å². The molecule has 0 aliphatic heterocycles. The summed E-state index contributed by atoms with van der Waals surface area (Å²) in [5.41, 5.74) is 0.0222. The lowest BCUT2D eigenvalue weighted by molar-refractivity contribution is 0.377. The van der Waals surface area contributed by atoms with E-state index in [-0.39, 0.29) is 5.41 Å². The van der Waals surface area contributed by atoms with Crippen LogP contribution in [0.3, 0.4) is 0 Å². The van der Waals surface area contributed by atoms with Gasteiger partial charge in [0.15, 0.2) is 0 Å². The normalized spacial score (nSPS) is 15.1. The van der Waals surface area contributed by atoms with Gasteiger partial charge in [0.1, 0.15) is 12.2 Å². The molecule has 4 heteroatoms. The summed E-state index contributed by atoms with van der Waals surface area (Å²) in [6, 6.07) is 0.348. The Hall–Kier alpha value is -1.16. The van der Waals surface area contributed by atoms with Crippen molar-refractivity contribution in [1.29, 1.82) is 0 Å². The molecule has 90 valence electrons. The van der Waals surface area contributed by atoms with Gasteiger partial charge in [-0.3, -0.25) is 0 Å². The van der Waals surface area contributed by atoms with Gasteiger partial charge in [0.2, 0.25) is 0 Å². The van der Waals surface area contributed by atoms with Crippen LogP contribution in [0.2, 0.25) is 0 Å². The van der Waals surface area contributed by atoms with E-state index in [0.29, 0.717) is 6.04 Å². The Balaban J connectivity index is 2.85. The van der Waals surface area contributed by atoms with Crippen LogP contribution in [-0.2, 0) is 6.42 Å². The monoisotopic (exact) mass is 222 g/mol. The van der Waals surface area contributed by atoms with E-state index in [2.05, 4.69) is 42.7 Å². The molecule has 0 saturated carbocycles. The SMILES string of the molecule is C=CC(C)(CNC)Cc1ncnn1C(C)C. The van der Waals surface area contributed by atoms with Gasteiger partial charge in [-0.1, -0.05) is 13.0 Å². The Kier molecular flexibility index (Phi) is 4.24. The van der Waals surface area contributed by atoms with Crippen molar-refractivity contribution in [1.82, 2.24) is 20.1 Å².